The van der Waals surface area contributed by atoms with E-state index in [0.29, 0.717) is 5.75 Å². The molecule has 6 heteroatoms. The second-order valence-electron chi connectivity index (χ2n) is 6.78. The lowest BCUT2D eigenvalue weighted by molar-refractivity contribution is -0.134. The van der Waals surface area contributed by atoms with Crippen LogP contribution in [0.25, 0.3) is 21.9 Å². The Kier molecular flexibility index (Phi) is 4.87. The van der Waals surface area contributed by atoms with Crippen molar-refractivity contribution in [1.82, 2.24) is 14.9 Å². The highest BCUT2D eigenvalue weighted by molar-refractivity contribution is 5.88. The van der Waals surface area contributed by atoms with E-state index < -0.39 is 0 Å². The summed E-state index contributed by atoms with van der Waals surface area (Å²) in [6, 6.07) is 12.0. The molecular formula is C21H22N4O2. The first-order valence-electron chi connectivity index (χ1n) is 9.21. The summed E-state index contributed by atoms with van der Waals surface area (Å²) in [5, 5.41) is 2.14. The Morgan fingerprint density at radius 2 is 1.67 bits per heavy atom. The van der Waals surface area contributed by atoms with Crippen LogP contribution in [-0.2, 0) is 4.79 Å². The fourth-order valence-electron chi connectivity index (χ4n) is 3.36. The van der Waals surface area contributed by atoms with Gasteiger partial charge >= 0.3 is 0 Å². The third-order valence-electron chi connectivity index (χ3n) is 4.89. The molecule has 1 fully saturated rings. The summed E-state index contributed by atoms with van der Waals surface area (Å²) in [4.78, 5) is 22.2. The van der Waals surface area contributed by atoms with Crippen molar-refractivity contribution >= 4 is 22.6 Å². The first kappa shape index (κ1) is 17.3. The maximum atomic E-state index is 12.2. The van der Waals surface area contributed by atoms with Gasteiger partial charge in [0.05, 0.1) is 0 Å². The lowest BCUT2D eigenvalue weighted by Gasteiger charge is -2.26. The minimum atomic E-state index is 0.0634. The monoisotopic (exact) mass is 362 g/mol. The predicted molar refractivity (Wildman–Crippen MR) is 105 cm³/mol. The average Bonchev–Trinajstić information content (AvgIpc) is 2.72. The van der Waals surface area contributed by atoms with Gasteiger partial charge < -0.3 is 15.4 Å². The molecule has 0 radical (unpaired) electrons. The van der Waals surface area contributed by atoms with Gasteiger partial charge in [-0.15, -0.1) is 0 Å². The third kappa shape index (κ3) is 4.00. The van der Waals surface area contributed by atoms with Crippen LogP contribution in [0, 0.1) is 0 Å². The van der Waals surface area contributed by atoms with Gasteiger partial charge in [-0.2, -0.15) is 0 Å². The number of amides is 1. The lowest BCUT2D eigenvalue weighted by Crippen LogP contribution is -2.38. The number of carbonyl (C=O) groups excluding carboxylic acids is 1. The van der Waals surface area contributed by atoms with E-state index in [1.807, 2.05) is 35.2 Å². The van der Waals surface area contributed by atoms with Gasteiger partial charge in [0.1, 0.15) is 5.75 Å². The number of hydrogen-bond acceptors (Lipinski definition) is 5. The van der Waals surface area contributed by atoms with Gasteiger partial charge in [-0.3, -0.25) is 4.79 Å². The van der Waals surface area contributed by atoms with Gasteiger partial charge in [0, 0.05) is 31.0 Å². The fraction of sp³-hybridized carbons (Fsp3) is 0.286. The molecule has 0 aliphatic carbocycles. The molecule has 0 atom stereocenters. The predicted octanol–water partition coefficient (Wildman–Crippen LogP) is 3.27. The number of carbonyl (C=O) groups is 1. The van der Waals surface area contributed by atoms with Crippen molar-refractivity contribution in [1.29, 1.82) is 0 Å². The van der Waals surface area contributed by atoms with Crippen molar-refractivity contribution in [2.45, 2.75) is 19.3 Å². The smallest absolute Gasteiger partial charge is 0.260 e. The van der Waals surface area contributed by atoms with Crippen LogP contribution in [0.15, 0.2) is 48.8 Å². The molecule has 138 valence electrons. The maximum Gasteiger partial charge on any atom is 0.260 e. The van der Waals surface area contributed by atoms with Crippen molar-refractivity contribution in [2.24, 2.45) is 0 Å². The summed E-state index contributed by atoms with van der Waals surface area (Å²) in [5.41, 5.74) is 7.49. The number of piperidine rings is 1. The van der Waals surface area contributed by atoms with Crippen molar-refractivity contribution in [3.05, 3.63) is 48.8 Å². The number of hydrogen-bond donors (Lipinski definition) is 1. The molecule has 1 aromatic heterocycles. The van der Waals surface area contributed by atoms with Gasteiger partial charge in [-0.1, -0.05) is 18.2 Å². The summed E-state index contributed by atoms with van der Waals surface area (Å²) in [6.45, 7) is 1.78. The maximum absolute atomic E-state index is 12.2. The zero-order valence-corrected chi connectivity index (χ0v) is 15.1. The molecule has 1 aliphatic heterocycles. The number of ether oxygens (including phenoxy) is 1. The summed E-state index contributed by atoms with van der Waals surface area (Å²) in [5.74, 6) is 1.03. The number of fused-ring (bicyclic) bond motifs is 1. The van der Waals surface area contributed by atoms with Crippen LogP contribution in [0.2, 0.25) is 0 Å². The second-order valence-corrected chi connectivity index (χ2v) is 6.78. The van der Waals surface area contributed by atoms with Crippen LogP contribution >= 0.6 is 0 Å². The van der Waals surface area contributed by atoms with Crippen molar-refractivity contribution in [3.8, 4) is 16.9 Å². The van der Waals surface area contributed by atoms with Crippen LogP contribution in [0.1, 0.15) is 19.3 Å². The summed E-state index contributed by atoms with van der Waals surface area (Å²) in [6.07, 6.45) is 6.81. The molecule has 2 aromatic carbocycles. The van der Waals surface area contributed by atoms with E-state index in [1.165, 1.54) is 6.42 Å². The van der Waals surface area contributed by atoms with Gasteiger partial charge in [0.2, 0.25) is 5.95 Å². The number of nitrogen functional groups attached to an aromatic ring is 1. The molecule has 1 aliphatic rings. The third-order valence-corrected chi connectivity index (χ3v) is 4.89. The van der Waals surface area contributed by atoms with Crippen molar-refractivity contribution in [2.75, 3.05) is 25.4 Å². The zero-order valence-electron chi connectivity index (χ0n) is 15.1. The first-order chi connectivity index (χ1) is 13.2. The highest BCUT2D eigenvalue weighted by Gasteiger charge is 2.16. The fourth-order valence-corrected chi connectivity index (χ4v) is 3.36. The number of nitrogens with two attached hydrogens (primary N) is 1. The van der Waals surface area contributed by atoms with Gasteiger partial charge in [0.15, 0.2) is 6.61 Å². The van der Waals surface area contributed by atoms with E-state index in [0.717, 1.165) is 47.8 Å². The Morgan fingerprint density at radius 3 is 2.44 bits per heavy atom. The number of aromatic nitrogens is 2. The van der Waals surface area contributed by atoms with E-state index in [1.54, 1.807) is 12.4 Å². The SMILES string of the molecule is Nc1ncc(-c2ccc3cc(OCC(=O)N4CCCCC4)ccc3c2)cn1. The molecule has 1 amide bonds. The number of benzene rings is 2. The largest absolute Gasteiger partial charge is 0.484 e. The lowest BCUT2D eigenvalue weighted by atomic mass is 10.0. The molecule has 4 rings (SSSR count). The van der Waals surface area contributed by atoms with E-state index in [2.05, 4.69) is 16.0 Å². The van der Waals surface area contributed by atoms with Crippen molar-refractivity contribution in [3.63, 3.8) is 0 Å². The standard InChI is InChI=1S/C21H22N4O2/c22-21-23-12-18(13-24-21)16-4-5-17-11-19(7-6-15(17)10-16)27-14-20(26)25-8-2-1-3-9-25/h4-7,10-13H,1-3,8-9,14H2,(H2,22,23,24). The minimum Gasteiger partial charge on any atom is -0.484 e. The molecule has 0 spiro atoms. The van der Waals surface area contributed by atoms with Crippen LogP contribution < -0.4 is 10.5 Å². The highest BCUT2D eigenvalue weighted by Crippen LogP contribution is 2.26. The van der Waals surface area contributed by atoms with Crippen LogP contribution in [0.4, 0.5) is 5.95 Å². The molecule has 2 N–H and O–H groups in total. The molecule has 0 saturated carbocycles. The number of rotatable bonds is 4. The molecule has 27 heavy (non-hydrogen) atoms. The van der Waals surface area contributed by atoms with Crippen molar-refractivity contribution < 1.29 is 9.53 Å². The number of anilines is 1. The van der Waals surface area contributed by atoms with Crippen LogP contribution in [-0.4, -0.2) is 40.5 Å². The van der Waals surface area contributed by atoms with E-state index in [9.17, 15) is 4.79 Å². The molecular weight excluding hydrogens is 340 g/mol. The Morgan fingerprint density at radius 1 is 0.963 bits per heavy atom. The average molecular weight is 362 g/mol. The van der Waals surface area contributed by atoms with Gasteiger partial charge in [0.25, 0.3) is 5.91 Å². The van der Waals surface area contributed by atoms with Crippen LogP contribution in [0.3, 0.4) is 0 Å². The normalized spacial score (nSPS) is 14.3. The summed E-state index contributed by atoms with van der Waals surface area (Å²) in [7, 11) is 0. The van der Waals surface area contributed by atoms with E-state index in [-0.39, 0.29) is 18.5 Å². The zero-order chi connectivity index (χ0) is 18.6. The topological polar surface area (TPSA) is 81.3 Å². The molecule has 2 heterocycles. The van der Waals surface area contributed by atoms with Crippen LogP contribution in [0.5, 0.6) is 5.75 Å². The minimum absolute atomic E-state index is 0.0634. The summed E-state index contributed by atoms with van der Waals surface area (Å²) >= 11 is 0. The first-order valence-corrected chi connectivity index (χ1v) is 9.21. The second kappa shape index (κ2) is 7.61. The van der Waals surface area contributed by atoms with Gasteiger partial charge in [-0.25, -0.2) is 9.97 Å². The highest BCUT2D eigenvalue weighted by atomic mass is 16.5. The Hall–Kier alpha value is -3.15. The number of nitrogens with zero attached hydrogens (tertiary/aromatic N) is 3. The number of likely N-dealkylation sites (tertiary alicyclic amines) is 1. The molecule has 3 aromatic rings. The van der Waals surface area contributed by atoms with E-state index >= 15 is 0 Å². The van der Waals surface area contributed by atoms with E-state index in [4.69, 9.17) is 10.5 Å². The quantitative estimate of drug-likeness (QED) is 0.770. The molecule has 6 nitrogen and oxygen atoms in total. The molecule has 0 bridgehead atoms. The molecule has 0 unspecified atom stereocenters. The Bertz CT molecular complexity index is 950. The Labute approximate surface area is 158 Å². The Balaban J connectivity index is 1.46. The molecule has 1 saturated heterocycles. The summed E-state index contributed by atoms with van der Waals surface area (Å²) < 4.78 is 5.73. The van der Waals surface area contributed by atoms with Gasteiger partial charge in [-0.05, 0) is 53.8 Å².